The molecule has 88 valence electrons. The highest BCUT2D eigenvalue weighted by Gasteiger charge is 2.53. The van der Waals surface area contributed by atoms with Crippen molar-refractivity contribution in [1.29, 1.82) is 0 Å². The molecule has 4 rings (SSSR count). The number of aryl methyl sites for hydroxylation is 1. The van der Waals surface area contributed by atoms with Crippen LogP contribution in [0, 0.1) is 23.2 Å². The van der Waals surface area contributed by atoms with E-state index in [1.807, 2.05) is 12.4 Å². The van der Waals surface area contributed by atoms with Crippen LogP contribution in [0.25, 0.3) is 0 Å². The van der Waals surface area contributed by atoms with Crippen molar-refractivity contribution in [2.75, 3.05) is 0 Å². The van der Waals surface area contributed by atoms with Crippen molar-refractivity contribution in [2.45, 2.75) is 46.0 Å². The zero-order valence-electron chi connectivity index (χ0n) is 10.4. The van der Waals surface area contributed by atoms with Crippen LogP contribution in [0.1, 0.15) is 45.4 Å². The highest BCUT2D eigenvalue weighted by Crippen LogP contribution is 2.62. The minimum atomic E-state index is 0.631. The molecule has 1 heterocycles. The third-order valence-corrected chi connectivity index (χ3v) is 5.31. The van der Waals surface area contributed by atoms with Crippen LogP contribution in [0.15, 0.2) is 12.4 Å². The van der Waals surface area contributed by atoms with Gasteiger partial charge in [-0.3, -0.25) is 0 Å². The van der Waals surface area contributed by atoms with Gasteiger partial charge >= 0.3 is 0 Å². The molecule has 2 nitrogen and oxygen atoms in total. The molecule has 1 N–H and O–H groups in total. The summed E-state index contributed by atoms with van der Waals surface area (Å²) in [6.07, 6.45) is 10.7. The largest absolute Gasteiger partial charge is 0.349 e. The van der Waals surface area contributed by atoms with Gasteiger partial charge in [-0.25, -0.2) is 4.98 Å². The lowest BCUT2D eigenvalue weighted by Crippen LogP contribution is -2.52. The Morgan fingerprint density at radius 2 is 2.31 bits per heavy atom. The number of nitrogens with zero attached hydrogens (tertiary/aromatic N) is 1. The average molecular weight is 218 g/mol. The Labute approximate surface area is 97.9 Å². The second kappa shape index (κ2) is 3.61. The summed E-state index contributed by atoms with van der Waals surface area (Å²) in [5.74, 6) is 4.13. The van der Waals surface area contributed by atoms with Crippen molar-refractivity contribution >= 4 is 0 Å². The molecule has 1 aromatic rings. The first kappa shape index (κ1) is 10.4. The Bertz CT molecular complexity index is 351. The predicted octanol–water partition coefficient (Wildman–Crippen LogP) is 3.41. The van der Waals surface area contributed by atoms with E-state index in [4.69, 9.17) is 0 Å². The van der Waals surface area contributed by atoms with Crippen molar-refractivity contribution < 1.29 is 0 Å². The molecule has 3 fully saturated rings. The lowest BCUT2D eigenvalue weighted by molar-refractivity contribution is -0.106. The molecule has 16 heavy (non-hydrogen) atoms. The number of imidazole rings is 1. The van der Waals surface area contributed by atoms with Gasteiger partial charge in [-0.05, 0) is 48.9 Å². The summed E-state index contributed by atoms with van der Waals surface area (Å²) in [6.45, 7) is 4.95. The number of aromatic nitrogens is 2. The van der Waals surface area contributed by atoms with Crippen molar-refractivity contribution in [3.63, 3.8) is 0 Å². The lowest BCUT2D eigenvalue weighted by atomic mass is 9.45. The molecule has 3 aliphatic rings. The number of fused-ring (bicyclic) bond motifs is 2. The van der Waals surface area contributed by atoms with Gasteiger partial charge in [-0.2, -0.15) is 0 Å². The van der Waals surface area contributed by atoms with Crippen LogP contribution in [0.5, 0.6) is 0 Å². The molecule has 3 saturated carbocycles. The van der Waals surface area contributed by atoms with Crippen LogP contribution in [-0.4, -0.2) is 9.97 Å². The summed E-state index contributed by atoms with van der Waals surface area (Å²) in [5, 5.41) is 0. The molecule has 0 saturated heterocycles. The summed E-state index contributed by atoms with van der Waals surface area (Å²) < 4.78 is 0. The van der Waals surface area contributed by atoms with E-state index in [0.717, 1.165) is 24.2 Å². The molecule has 0 aliphatic heterocycles. The number of nitrogens with one attached hydrogen (secondary N) is 1. The number of hydrogen-bond acceptors (Lipinski definition) is 1. The van der Waals surface area contributed by atoms with Crippen LogP contribution < -0.4 is 0 Å². The van der Waals surface area contributed by atoms with Crippen molar-refractivity contribution in [1.82, 2.24) is 9.97 Å². The minimum Gasteiger partial charge on any atom is -0.349 e. The molecule has 2 heteroatoms. The quantitative estimate of drug-likeness (QED) is 0.827. The van der Waals surface area contributed by atoms with Gasteiger partial charge in [0, 0.05) is 18.8 Å². The highest BCUT2D eigenvalue weighted by molar-refractivity contribution is 5.03. The van der Waals surface area contributed by atoms with Gasteiger partial charge in [0.2, 0.25) is 0 Å². The molecule has 3 atom stereocenters. The van der Waals surface area contributed by atoms with Gasteiger partial charge in [-0.1, -0.05) is 13.8 Å². The van der Waals surface area contributed by atoms with E-state index in [2.05, 4.69) is 23.8 Å². The van der Waals surface area contributed by atoms with E-state index in [1.54, 1.807) is 0 Å². The summed E-state index contributed by atoms with van der Waals surface area (Å²) in [5.41, 5.74) is 0.631. The Morgan fingerprint density at radius 1 is 1.44 bits per heavy atom. The monoisotopic (exact) mass is 218 g/mol. The lowest BCUT2D eigenvalue weighted by Gasteiger charge is -2.60. The van der Waals surface area contributed by atoms with Crippen molar-refractivity contribution in [3.8, 4) is 0 Å². The van der Waals surface area contributed by atoms with Gasteiger partial charge < -0.3 is 4.98 Å². The fourth-order valence-corrected chi connectivity index (χ4v) is 4.06. The summed E-state index contributed by atoms with van der Waals surface area (Å²) in [7, 11) is 0. The minimum absolute atomic E-state index is 0.631. The maximum atomic E-state index is 4.32. The van der Waals surface area contributed by atoms with E-state index < -0.39 is 0 Å². The molecule has 0 spiro atoms. The van der Waals surface area contributed by atoms with Crippen molar-refractivity contribution in [3.05, 3.63) is 18.2 Å². The zero-order valence-corrected chi connectivity index (χ0v) is 10.4. The molecule has 1 aromatic heterocycles. The van der Waals surface area contributed by atoms with Gasteiger partial charge in [0.1, 0.15) is 5.82 Å². The fourth-order valence-electron chi connectivity index (χ4n) is 4.06. The molecule has 3 aliphatic carbocycles. The number of H-pyrrole nitrogens is 1. The Balaban J connectivity index is 1.59. The molecule has 3 unspecified atom stereocenters. The molecule has 0 aromatic carbocycles. The maximum Gasteiger partial charge on any atom is 0.106 e. The SMILES string of the molecule is CC1(C)C2CCC(CCc3ncc[nH]3)C1C2. The van der Waals surface area contributed by atoms with Gasteiger partial charge in [0.05, 0.1) is 0 Å². The summed E-state index contributed by atoms with van der Waals surface area (Å²) >= 11 is 0. The Kier molecular flexibility index (Phi) is 2.34. The van der Waals surface area contributed by atoms with E-state index in [1.165, 1.54) is 31.5 Å². The van der Waals surface area contributed by atoms with Crippen LogP contribution in [-0.2, 0) is 6.42 Å². The molecular weight excluding hydrogens is 196 g/mol. The van der Waals surface area contributed by atoms with Crippen LogP contribution in [0.2, 0.25) is 0 Å². The Morgan fingerprint density at radius 3 is 2.94 bits per heavy atom. The first-order valence-corrected chi connectivity index (χ1v) is 6.66. The fraction of sp³-hybridized carbons (Fsp3) is 0.786. The van der Waals surface area contributed by atoms with Gasteiger partial charge in [0.25, 0.3) is 0 Å². The van der Waals surface area contributed by atoms with Crippen LogP contribution >= 0.6 is 0 Å². The third-order valence-electron chi connectivity index (χ3n) is 5.31. The standard InChI is InChI=1S/C14H22N2/c1-14(2)11-5-3-10(12(14)9-11)4-6-13-15-7-8-16-13/h7-8,10-12H,3-6,9H2,1-2H3,(H,15,16). The second-order valence-corrected chi connectivity index (χ2v) is 6.27. The molecule has 2 bridgehead atoms. The van der Waals surface area contributed by atoms with Gasteiger partial charge in [-0.15, -0.1) is 0 Å². The summed E-state index contributed by atoms with van der Waals surface area (Å²) in [6, 6.07) is 0. The smallest absolute Gasteiger partial charge is 0.106 e. The third kappa shape index (κ3) is 1.50. The van der Waals surface area contributed by atoms with E-state index in [0.29, 0.717) is 5.41 Å². The average Bonchev–Trinajstić information content (AvgIpc) is 2.79. The van der Waals surface area contributed by atoms with Gasteiger partial charge in [0.15, 0.2) is 0 Å². The number of rotatable bonds is 3. The molecule has 0 amide bonds. The number of aromatic amines is 1. The second-order valence-electron chi connectivity index (χ2n) is 6.27. The van der Waals surface area contributed by atoms with Crippen molar-refractivity contribution in [2.24, 2.45) is 23.2 Å². The first-order chi connectivity index (χ1) is 7.68. The molecule has 0 radical (unpaired) electrons. The predicted molar refractivity (Wildman–Crippen MR) is 65.0 cm³/mol. The first-order valence-electron chi connectivity index (χ1n) is 6.66. The Hall–Kier alpha value is -0.790. The normalized spacial score (nSPS) is 35.8. The zero-order chi connectivity index (χ0) is 11.2. The molecular formula is C14H22N2. The van der Waals surface area contributed by atoms with E-state index in [9.17, 15) is 0 Å². The number of hydrogen-bond donors (Lipinski definition) is 1. The maximum absolute atomic E-state index is 4.32. The van der Waals surface area contributed by atoms with E-state index in [-0.39, 0.29) is 0 Å². The topological polar surface area (TPSA) is 28.7 Å². The van der Waals surface area contributed by atoms with Crippen LogP contribution in [0.4, 0.5) is 0 Å². The highest BCUT2D eigenvalue weighted by atomic mass is 14.9. The van der Waals surface area contributed by atoms with E-state index >= 15 is 0 Å². The summed E-state index contributed by atoms with van der Waals surface area (Å²) in [4.78, 5) is 7.53. The van der Waals surface area contributed by atoms with Crippen LogP contribution in [0.3, 0.4) is 0 Å².